The van der Waals surface area contributed by atoms with Gasteiger partial charge in [0.15, 0.2) is 5.75 Å². The molecule has 2 aliphatic heterocycles. The molecule has 24 heavy (non-hydrogen) atoms. The maximum Gasteiger partial charge on any atom is 0.312 e. The Hall–Kier alpha value is -1.42. The molecule has 0 aromatic heterocycles. The van der Waals surface area contributed by atoms with Crippen molar-refractivity contribution in [3.8, 4) is 5.75 Å². The molecule has 0 radical (unpaired) electrons. The van der Waals surface area contributed by atoms with Crippen molar-refractivity contribution in [2.24, 2.45) is 0 Å². The van der Waals surface area contributed by atoms with Gasteiger partial charge in [-0.25, -0.2) is 13.1 Å². The van der Waals surface area contributed by atoms with Gasteiger partial charge in [-0.15, -0.1) is 12.4 Å². The van der Waals surface area contributed by atoms with E-state index >= 15 is 0 Å². The molecule has 2 N–H and O–H groups in total. The fourth-order valence-electron chi connectivity index (χ4n) is 3.42. The lowest BCUT2D eigenvalue weighted by Gasteiger charge is -2.29. The van der Waals surface area contributed by atoms with E-state index in [1.807, 2.05) is 0 Å². The lowest BCUT2D eigenvalue weighted by atomic mass is 10.0. The molecule has 2 heterocycles. The molecule has 0 spiro atoms. The van der Waals surface area contributed by atoms with Crippen LogP contribution in [0.3, 0.4) is 0 Å². The first-order chi connectivity index (χ1) is 10.9. The number of benzene rings is 1. The van der Waals surface area contributed by atoms with E-state index in [-0.39, 0.29) is 34.8 Å². The highest BCUT2D eigenvalue weighted by molar-refractivity contribution is 7.89. The number of piperidine rings is 1. The van der Waals surface area contributed by atoms with E-state index in [9.17, 15) is 18.5 Å². The molecule has 10 heteroatoms. The Kier molecular flexibility index (Phi) is 5.69. The third-order valence-corrected chi connectivity index (χ3v) is 5.97. The summed E-state index contributed by atoms with van der Waals surface area (Å²) in [5, 5.41) is 14.5. The highest BCUT2D eigenvalue weighted by Crippen LogP contribution is 2.31. The van der Waals surface area contributed by atoms with Crippen LogP contribution in [0.4, 0.5) is 5.69 Å². The Morgan fingerprint density at radius 2 is 1.92 bits per heavy atom. The van der Waals surface area contributed by atoms with Crippen molar-refractivity contribution in [2.75, 3.05) is 7.11 Å². The molecule has 2 unspecified atom stereocenters. The monoisotopic (exact) mass is 377 g/mol. The predicted molar refractivity (Wildman–Crippen MR) is 90.2 cm³/mol. The second-order valence-electron chi connectivity index (χ2n) is 6.02. The van der Waals surface area contributed by atoms with Gasteiger partial charge in [0.25, 0.3) is 0 Å². The van der Waals surface area contributed by atoms with Crippen LogP contribution < -0.4 is 14.8 Å². The van der Waals surface area contributed by atoms with E-state index < -0.39 is 14.9 Å². The van der Waals surface area contributed by atoms with Crippen molar-refractivity contribution >= 4 is 28.1 Å². The minimum Gasteiger partial charge on any atom is -0.490 e. The Morgan fingerprint density at radius 1 is 1.29 bits per heavy atom. The molecule has 3 rings (SSSR count). The molecule has 2 atom stereocenters. The van der Waals surface area contributed by atoms with Crippen molar-refractivity contribution in [3.63, 3.8) is 0 Å². The Balaban J connectivity index is 0.00000208. The summed E-state index contributed by atoms with van der Waals surface area (Å²) in [6.07, 6.45) is 3.62. The number of hydrogen-bond donors (Lipinski definition) is 2. The molecule has 2 bridgehead atoms. The second kappa shape index (κ2) is 7.22. The summed E-state index contributed by atoms with van der Waals surface area (Å²) in [6.45, 7) is 0. The van der Waals surface area contributed by atoms with Crippen molar-refractivity contribution in [1.29, 1.82) is 0 Å². The normalized spacial score (nSPS) is 25.8. The number of nitro groups is 1. The van der Waals surface area contributed by atoms with Crippen LogP contribution in [0.5, 0.6) is 5.75 Å². The minimum absolute atomic E-state index is 0. The first kappa shape index (κ1) is 18.9. The number of ether oxygens (including phenoxy) is 1. The van der Waals surface area contributed by atoms with E-state index in [4.69, 9.17) is 4.74 Å². The average molecular weight is 378 g/mol. The Labute approximate surface area is 146 Å². The largest absolute Gasteiger partial charge is 0.490 e. The zero-order valence-electron chi connectivity index (χ0n) is 13.1. The molecule has 0 amide bonds. The van der Waals surface area contributed by atoms with E-state index in [0.29, 0.717) is 12.1 Å². The van der Waals surface area contributed by atoms with Crippen molar-refractivity contribution in [2.45, 2.75) is 48.7 Å². The van der Waals surface area contributed by atoms with Gasteiger partial charge in [0.2, 0.25) is 10.0 Å². The molecule has 2 aliphatic rings. The van der Waals surface area contributed by atoms with Crippen LogP contribution in [0.1, 0.15) is 25.7 Å². The van der Waals surface area contributed by atoms with Gasteiger partial charge in [0, 0.05) is 24.2 Å². The average Bonchev–Trinajstić information content (AvgIpc) is 2.85. The molecule has 0 aliphatic carbocycles. The smallest absolute Gasteiger partial charge is 0.312 e. The number of hydrogen-bond acceptors (Lipinski definition) is 6. The molecule has 134 valence electrons. The van der Waals surface area contributed by atoms with E-state index in [2.05, 4.69) is 10.0 Å². The number of nitro benzene ring substituents is 1. The fraction of sp³-hybridized carbons (Fsp3) is 0.571. The molecule has 0 saturated carbocycles. The van der Waals surface area contributed by atoms with E-state index in [1.54, 1.807) is 0 Å². The first-order valence-corrected chi connectivity index (χ1v) is 8.98. The SMILES string of the molecule is COc1ccc(S(=O)(=O)NC2CC3CCC(C2)N3)cc1[N+](=O)[O-].Cl. The van der Waals surface area contributed by atoms with Crippen LogP contribution in [0.15, 0.2) is 23.1 Å². The number of nitrogens with zero attached hydrogens (tertiary/aromatic N) is 1. The van der Waals surface area contributed by atoms with Gasteiger partial charge < -0.3 is 10.1 Å². The van der Waals surface area contributed by atoms with E-state index in [1.165, 1.54) is 19.2 Å². The Morgan fingerprint density at radius 3 is 2.46 bits per heavy atom. The second-order valence-corrected chi connectivity index (χ2v) is 7.73. The first-order valence-electron chi connectivity index (χ1n) is 7.50. The van der Waals surface area contributed by atoms with Gasteiger partial charge >= 0.3 is 5.69 Å². The summed E-state index contributed by atoms with van der Waals surface area (Å²) in [5.41, 5.74) is -0.360. The lowest BCUT2D eigenvalue weighted by Crippen LogP contribution is -2.47. The quantitative estimate of drug-likeness (QED) is 0.595. The number of nitrogens with one attached hydrogen (secondary N) is 2. The molecule has 8 nitrogen and oxygen atoms in total. The van der Waals surface area contributed by atoms with Gasteiger partial charge in [0.1, 0.15) is 0 Å². The molecule has 1 aromatic carbocycles. The van der Waals surface area contributed by atoms with Gasteiger partial charge in [-0.3, -0.25) is 10.1 Å². The van der Waals surface area contributed by atoms with Crippen molar-refractivity contribution in [3.05, 3.63) is 28.3 Å². The number of fused-ring (bicyclic) bond motifs is 2. The van der Waals surface area contributed by atoms with Crippen LogP contribution in [-0.4, -0.2) is 38.6 Å². The van der Waals surface area contributed by atoms with Crippen LogP contribution >= 0.6 is 12.4 Å². The highest BCUT2D eigenvalue weighted by atomic mass is 35.5. The Bertz CT molecular complexity index is 715. The zero-order chi connectivity index (χ0) is 16.6. The maximum atomic E-state index is 12.5. The topological polar surface area (TPSA) is 111 Å². The molecular weight excluding hydrogens is 358 g/mol. The van der Waals surface area contributed by atoms with Gasteiger partial charge in [0.05, 0.1) is 16.9 Å². The van der Waals surface area contributed by atoms with Gasteiger partial charge in [-0.2, -0.15) is 0 Å². The third-order valence-electron chi connectivity index (χ3n) is 4.45. The minimum atomic E-state index is -3.80. The van der Waals surface area contributed by atoms with Crippen molar-refractivity contribution < 1.29 is 18.1 Å². The molecule has 1 aromatic rings. The van der Waals surface area contributed by atoms with Crippen LogP contribution in [0.2, 0.25) is 0 Å². The molecule has 2 saturated heterocycles. The van der Waals surface area contributed by atoms with Crippen LogP contribution in [-0.2, 0) is 10.0 Å². The molecule has 2 fully saturated rings. The number of rotatable bonds is 5. The summed E-state index contributed by atoms with van der Waals surface area (Å²) in [4.78, 5) is 10.3. The summed E-state index contributed by atoms with van der Waals surface area (Å²) < 4.78 is 32.6. The van der Waals surface area contributed by atoms with Gasteiger partial charge in [-0.05, 0) is 37.8 Å². The summed E-state index contributed by atoms with van der Waals surface area (Å²) in [7, 11) is -2.49. The molecular formula is C14H20ClN3O5S. The third kappa shape index (κ3) is 3.80. The van der Waals surface area contributed by atoms with Crippen LogP contribution in [0, 0.1) is 10.1 Å². The number of methoxy groups -OCH3 is 1. The maximum absolute atomic E-state index is 12.5. The highest BCUT2D eigenvalue weighted by Gasteiger charge is 2.35. The van der Waals surface area contributed by atoms with Crippen molar-refractivity contribution in [1.82, 2.24) is 10.0 Å². The standard InChI is InChI=1S/C14H19N3O5S.ClH/c1-22-14-5-4-12(8-13(14)17(18)19)23(20,21)16-11-6-9-2-3-10(7-11)15-9;/h4-5,8-11,15-16H,2-3,6-7H2,1H3;1H. The van der Waals surface area contributed by atoms with Gasteiger partial charge in [-0.1, -0.05) is 0 Å². The number of sulfonamides is 1. The zero-order valence-corrected chi connectivity index (χ0v) is 14.7. The van der Waals surface area contributed by atoms with Crippen LogP contribution in [0.25, 0.3) is 0 Å². The summed E-state index contributed by atoms with van der Waals surface area (Å²) in [6, 6.07) is 4.23. The predicted octanol–water partition coefficient (Wildman–Crippen LogP) is 1.59. The number of halogens is 1. The lowest BCUT2D eigenvalue weighted by molar-refractivity contribution is -0.386. The summed E-state index contributed by atoms with van der Waals surface area (Å²) >= 11 is 0. The fourth-order valence-corrected chi connectivity index (χ4v) is 4.70. The summed E-state index contributed by atoms with van der Waals surface area (Å²) in [5.74, 6) is 0.0360. The van der Waals surface area contributed by atoms with E-state index in [0.717, 1.165) is 31.7 Å².